The lowest BCUT2D eigenvalue weighted by Crippen LogP contribution is -2.36. The summed E-state index contributed by atoms with van der Waals surface area (Å²) in [5.74, 6) is 4.03. The number of amides is 3. The molecule has 6 heteroatoms. The zero-order valence-corrected chi connectivity index (χ0v) is 7.08. The molecule has 6 nitrogen and oxygen atoms in total. The van der Waals surface area contributed by atoms with E-state index in [2.05, 4.69) is 0 Å². The van der Waals surface area contributed by atoms with Crippen molar-refractivity contribution in [2.75, 3.05) is 6.54 Å². The largest absolute Gasteiger partial charge is 0.294 e. The Morgan fingerprint density at radius 3 is 2.38 bits per heavy atom. The number of nitrogens with two attached hydrogens (primary N) is 1. The standard InChI is InChI=1S/C7H11N3O3/c8-9-5(11)3-4-10-6(12)1-2-7(10)13/h1-4,8H2,(H,9,11). The molecule has 0 radical (unpaired) electrons. The third-order valence-electron chi connectivity index (χ3n) is 1.88. The van der Waals surface area contributed by atoms with Gasteiger partial charge in [-0.3, -0.25) is 24.7 Å². The molecule has 0 aromatic carbocycles. The zero-order chi connectivity index (χ0) is 9.84. The monoisotopic (exact) mass is 185 g/mol. The van der Waals surface area contributed by atoms with Gasteiger partial charge in [0.1, 0.15) is 0 Å². The minimum Gasteiger partial charge on any atom is -0.294 e. The summed E-state index contributed by atoms with van der Waals surface area (Å²) in [4.78, 5) is 33.8. The smallest absolute Gasteiger partial charge is 0.235 e. The summed E-state index contributed by atoms with van der Waals surface area (Å²) in [5, 5.41) is 0. The molecule has 0 atom stereocenters. The molecule has 0 aliphatic carbocycles. The van der Waals surface area contributed by atoms with Crippen LogP contribution in [0, 0.1) is 0 Å². The molecular weight excluding hydrogens is 174 g/mol. The Bertz CT molecular complexity index is 235. The average Bonchev–Trinajstić information content (AvgIpc) is 2.43. The van der Waals surface area contributed by atoms with Crippen molar-refractivity contribution in [3.8, 4) is 0 Å². The molecule has 1 aliphatic rings. The van der Waals surface area contributed by atoms with E-state index in [-0.39, 0.29) is 43.5 Å². The average molecular weight is 185 g/mol. The predicted octanol–water partition coefficient (Wildman–Crippen LogP) is -1.48. The number of nitrogens with one attached hydrogen (secondary N) is 1. The third kappa shape index (κ3) is 2.25. The number of nitrogens with zero attached hydrogens (tertiary/aromatic N) is 1. The molecule has 1 fully saturated rings. The van der Waals surface area contributed by atoms with Crippen LogP contribution in [0.3, 0.4) is 0 Å². The lowest BCUT2D eigenvalue weighted by atomic mass is 10.4. The van der Waals surface area contributed by atoms with Crippen molar-refractivity contribution >= 4 is 17.7 Å². The van der Waals surface area contributed by atoms with Crippen LogP contribution in [-0.4, -0.2) is 29.2 Å². The normalized spacial score (nSPS) is 16.5. The maximum Gasteiger partial charge on any atom is 0.235 e. The molecule has 0 bridgehead atoms. The summed E-state index contributed by atoms with van der Waals surface area (Å²) in [6, 6.07) is 0. The molecule has 1 heterocycles. The SMILES string of the molecule is NNC(=O)CCN1C(=O)CCC1=O. The maximum atomic E-state index is 11.0. The Morgan fingerprint density at radius 2 is 1.92 bits per heavy atom. The zero-order valence-electron chi connectivity index (χ0n) is 7.08. The lowest BCUT2D eigenvalue weighted by molar-refractivity contribution is -0.138. The maximum absolute atomic E-state index is 11.0. The molecule has 13 heavy (non-hydrogen) atoms. The second-order valence-electron chi connectivity index (χ2n) is 2.76. The van der Waals surface area contributed by atoms with Crippen LogP contribution >= 0.6 is 0 Å². The number of rotatable bonds is 3. The summed E-state index contributed by atoms with van der Waals surface area (Å²) in [6.45, 7) is 0.126. The molecule has 0 saturated carbocycles. The fourth-order valence-electron chi connectivity index (χ4n) is 1.16. The molecule has 3 amide bonds. The van der Waals surface area contributed by atoms with E-state index in [4.69, 9.17) is 5.84 Å². The van der Waals surface area contributed by atoms with Gasteiger partial charge in [0.25, 0.3) is 0 Å². The first-order valence-electron chi connectivity index (χ1n) is 3.98. The first-order chi connectivity index (χ1) is 6.15. The van der Waals surface area contributed by atoms with Crippen LogP contribution in [0.2, 0.25) is 0 Å². The first kappa shape index (κ1) is 9.66. The Hall–Kier alpha value is -1.43. The van der Waals surface area contributed by atoms with Crippen molar-refractivity contribution in [2.24, 2.45) is 5.84 Å². The van der Waals surface area contributed by atoms with E-state index in [1.54, 1.807) is 0 Å². The van der Waals surface area contributed by atoms with Gasteiger partial charge in [0.2, 0.25) is 17.7 Å². The summed E-state index contributed by atoms with van der Waals surface area (Å²) >= 11 is 0. The molecule has 0 unspecified atom stereocenters. The van der Waals surface area contributed by atoms with Crippen LogP contribution in [0.5, 0.6) is 0 Å². The van der Waals surface area contributed by atoms with Crippen LogP contribution in [0.15, 0.2) is 0 Å². The fourth-order valence-corrected chi connectivity index (χ4v) is 1.16. The van der Waals surface area contributed by atoms with Crippen LogP contribution < -0.4 is 11.3 Å². The Balaban J connectivity index is 2.40. The number of hydrazine groups is 1. The molecule has 0 spiro atoms. The van der Waals surface area contributed by atoms with Crippen molar-refractivity contribution in [1.82, 2.24) is 10.3 Å². The number of imide groups is 1. The predicted molar refractivity (Wildman–Crippen MR) is 42.9 cm³/mol. The second kappa shape index (κ2) is 3.99. The van der Waals surface area contributed by atoms with Gasteiger partial charge in [0.15, 0.2) is 0 Å². The Morgan fingerprint density at radius 1 is 1.38 bits per heavy atom. The van der Waals surface area contributed by atoms with Crippen LogP contribution in [0.1, 0.15) is 19.3 Å². The van der Waals surface area contributed by atoms with Gasteiger partial charge in [-0.1, -0.05) is 0 Å². The molecule has 72 valence electrons. The number of likely N-dealkylation sites (tertiary alicyclic amines) is 1. The Kier molecular flexibility index (Phi) is 2.97. The van der Waals surface area contributed by atoms with E-state index in [1.165, 1.54) is 0 Å². The van der Waals surface area contributed by atoms with Crippen LogP contribution in [0.4, 0.5) is 0 Å². The van der Waals surface area contributed by atoms with Gasteiger partial charge < -0.3 is 0 Å². The molecular formula is C7H11N3O3. The molecule has 1 rings (SSSR count). The molecule has 1 aliphatic heterocycles. The lowest BCUT2D eigenvalue weighted by Gasteiger charge is -2.12. The summed E-state index contributed by atoms with van der Waals surface area (Å²) in [6.07, 6.45) is 0.570. The minimum atomic E-state index is -0.382. The van der Waals surface area contributed by atoms with Crippen molar-refractivity contribution in [2.45, 2.75) is 19.3 Å². The van der Waals surface area contributed by atoms with E-state index in [1.807, 2.05) is 5.43 Å². The molecule has 0 aromatic heterocycles. The number of hydrogen-bond donors (Lipinski definition) is 2. The van der Waals surface area contributed by atoms with Crippen LogP contribution in [-0.2, 0) is 14.4 Å². The molecule has 3 N–H and O–H groups in total. The number of carbonyl (C=O) groups excluding carboxylic acids is 3. The minimum absolute atomic E-state index is 0.0635. The van der Waals surface area contributed by atoms with E-state index < -0.39 is 0 Å². The van der Waals surface area contributed by atoms with Gasteiger partial charge in [-0.05, 0) is 0 Å². The highest BCUT2D eigenvalue weighted by molar-refractivity contribution is 6.02. The van der Waals surface area contributed by atoms with Crippen LogP contribution in [0.25, 0.3) is 0 Å². The number of hydrogen-bond acceptors (Lipinski definition) is 4. The second-order valence-corrected chi connectivity index (χ2v) is 2.76. The third-order valence-corrected chi connectivity index (χ3v) is 1.88. The van der Waals surface area contributed by atoms with E-state index in [0.717, 1.165) is 4.90 Å². The van der Waals surface area contributed by atoms with Gasteiger partial charge >= 0.3 is 0 Å². The number of carbonyl (C=O) groups is 3. The molecule has 1 saturated heterocycles. The van der Waals surface area contributed by atoms with Gasteiger partial charge in [-0.15, -0.1) is 0 Å². The summed E-state index contributed by atoms with van der Waals surface area (Å²) < 4.78 is 0. The van der Waals surface area contributed by atoms with Gasteiger partial charge in [0, 0.05) is 25.8 Å². The summed E-state index contributed by atoms with van der Waals surface area (Å²) in [7, 11) is 0. The summed E-state index contributed by atoms with van der Waals surface area (Å²) in [5.41, 5.74) is 1.93. The van der Waals surface area contributed by atoms with Gasteiger partial charge in [-0.2, -0.15) is 0 Å². The first-order valence-corrected chi connectivity index (χ1v) is 3.98. The highest BCUT2D eigenvalue weighted by atomic mass is 16.2. The highest BCUT2D eigenvalue weighted by Crippen LogP contribution is 2.11. The van der Waals surface area contributed by atoms with Crippen molar-refractivity contribution in [1.29, 1.82) is 0 Å². The van der Waals surface area contributed by atoms with Gasteiger partial charge in [0.05, 0.1) is 0 Å². The van der Waals surface area contributed by atoms with Crippen molar-refractivity contribution in [3.05, 3.63) is 0 Å². The highest BCUT2D eigenvalue weighted by Gasteiger charge is 2.28. The van der Waals surface area contributed by atoms with E-state index in [0.29, 0.717) is 0 Å². The van der Waals surface area contributed by atoms with Crippen molar-refractivity contribution < 1.29 is 14.4 Å². The van der Waals surface area contributed by atoms with E-state index >= 15 is 0 Å². The van der Waals surface area contributed by atoms with Gasteiger partial charge in [-0.25, -0.2) is 5.84 Å². The van der Waals surface area contributed by atoms with E-state index in [9.17, 15) is 14.4 Å². The molecule has 0 aromatic rings. The quantitative estimate of drug-likeness (QED) is 0.242. The fraction of sp³-hybridized carbons (Fsp3) is 0.571. The topological polar surface area (TPSA) is 92.5 Å². The van der Waals surface area contributed by atoms with Crippen molar-refractivity contribution in [3.63, 3.8) is 0 Å². The Labute approximate surface area is 75.0 Å².